The van der Waals surface area contributed by atoms with Gasteiger partial charge < -0.3 is 0 Å². The van der Waals surface area contributed by atoms with Crippen molar-refractivity contribution in [3.05, 3.63) is 34.8 Å². The molecule has 1 aliphatic carbocycles. The fourth-order valence-electron chi connectivity index (χ4n) is 0.679. The highest BCUT2D eigenvalue weighted by molar-refractivity contribution is 7.93. The van der Waals surface area contributed by atoms with Crippen molar-refractivity contribution in [1.29, 1.82) is 5.26 Å². The van der Waals surface area contributed by atoms with E-state index >= 15 is 0 Å². The van der Waals surface area contributed by atoms with Crippen molar-refractivity contribution in [2.75, 3.05) is 0 Å². The first-order valence-corrected chi connectivity index (χ1v) is 4.53. The number of allylic oxidation sites excluding steroid dienone is 5. The smallest absolute Gasteiger partial charge is 0.214 e. The highest BCUT2D eigenvalue weighted by atomic mass is 32.2. The fourth-order valence-corrected chi connectivity index (χ4v) is 1.20. The molecular weight excluding hydrogens is 176 g/mol. The average molecular weight is 181 g/mol. The van der Waals surface area contributed by atoms with Crippen LogP contribution in [0.25, 0.3) is 0 Å². The third kappa shape index (κ3) is 1.77. The summed E-state index contributed by atoms with van der Waals surface area (Å²) >= 11 is 0. The Morgan fingerprint density at radius 3 is 2.75 bits per heavy atom. The van der Waals surface area contributed by atoms with Gasteiger partial charge in [0.2, 0.25) is 0 Å². The van der Waals surface area contributed by atoms with Crippen molar-refractivity contribution < 1.29 is 8.42 Å². The number of nitrogens with zero attached hydrogens (tertiary/aromatic N) is 1. The molecule has 0 aromatic carbocycles. The molecule has 0 saturated heterocycles. The molecular formula is C7H5N2O2S+. The molecule has 0 atom stereocenters. The summed E-state index contributed by atoms with van der Waals surface area (Å²) in [5, 5.41) is 13.2. The minimum Gasteiger partial charge on any atom is -0.214 e. The van der Waals surface area contributed by atoms with E-state index in [4.69, 9.17) is 10.4 Å². The van der Waals surface area contributed by atoms with Gasteiger partial charge in [-0.3, -0.25) is 0 Å². The predicted octanol–water partition coefficient (Wildman–Crippen LogP) is -0.0182. The first-order chi connectivity index (χ1) is 5.54. The Balaban J connectivity index is 3.17. The Morgan fingerprint density at radius 2 is 2.25 bits per heavy atom. The maximum Gasteiger partial charge on any atom is 0.285 e. The van der Waals surface area contributed by atoms with Crippen LogP contribution >= 0.6 is 0 Å². The molecule has 0 heterocycles. The average Bonchev–Trinajstić information content (AvgIpc) is 2.03. The lowest BCUT2D eigenvalue weighted by Gasteiger charge is -1.91. The molecule has 2 N–H and O–H groups in total. The van der Waals surface area contributed by atoms with Crippen LogP contribution in [0, 0.1) is 17.4 Å². The largest absolute Gasteiger partial charge is 0.285 e. The van der Waals surface area contributed by atoms with Crippen LogP contribution in [0.2, 0.25) is 0 Å². The third-order valence-electron chi connectivity index (χ3n) is 1.22. The zero-order chi connectivity index (χ0) is 9.19. The lowest BCUT2D eigenvalue weighted by Crippen LogP contribution is -2.14. The first kappa shape index (κ1) is 8.62. The molecule has 0 spiro atoms. The van der Waals surface area contributed by atoms with Crippen LogP contribution in [0.3, 0.4) is 0 Å². The third-order valence-corrected chi connectivity index (χ3v) is 2.11. The van der Waals surface area contributed by atoms with Gasteiger partial charge in [-0.2, -0.15) is 13.7 Å². The Kier molecular flexibility index (Phi) is 2.07. The molecule has 4 nitrogen and oxygen atoms in total. The second kappa shape index (κ2) is 2.88. The molecule has 0 bridgehead atoms. The van der Waals surface area contributed by atoms with Crippen LogP contribution in [0.4, 0.5) is 0 Å². The van der Waals surface area contributed by atoms with Gasteiger partial charge in [0.1, 0.15) is 12.2 Å². The zero-order valence-electron chi connectivity index (χ0n) is 5.98. The minimum absolute atomic E-state index is 0.0958. The van der Waals surface area contributed by atoms with Crippen molar-refractivity contribution >= 4 is 10.0 Å². The summed E-state index contributed by atoms with van der Waals surface area (Å²) in [4.78, 5) is -0.0958. The van der Waals surface area contributed by atoms with Crippen LogP contribution in [0.15, 0.2) is 28.7 Å². The van der Waals surface area contributed by atoms with Crippen molar-refractivity contribution in [3.63, 3.8) is 0 Å². The molecule has 0 radical (unpaired) electrons. The summed E-state index contributed by atoms with van der Waals surface area (Å²) in [5.41, 5.74) is 0.224. The number of hydrogen-bond donors (Lipinski definition) is 1. The van der Waals surface area contributed by atoms with E-state index in [1.54, 1.807) is 6.07 Å². The van der Waals surface area contributed by atoms with Crippen LogP contribution in [-0.2, 0) is 10.0 Å². The fraction of sp³-hybridized carbons (Fsp3) is 0. The summed E-state index contributed by atoms with van der Waals surface area (Å²) in [5.74, 6) is 0. The summed E-state index contributed by atoms with van der Waals surface area (Å²) in [6.07, 6.45) is 6.31. The van der Waals surface area contributed by atoms with Crippen LogP contribution in [0.5, 0.6) is 0 Å². The van der Waals surface area contributed by atoms with Crippen molar-refractivity contribution in [2.45, 2.75) is 0 Å². The number of hydrogen-bond acceptors (Lipinski definition) is 3. The van der Waals surface area contributed by atoms with E-state index in [-0.39, 0.29) is 10.5 Å². The first-order valence-electron chi connectivity index (χ1n) is 2.98. The van der Waals surface area contributed by atoms with Crippen LogP contribution in [0.1, 0.15) is 0 Å². The molecule has 5 heteroatoms. The topological polar surface area (TPSA) is 83.9 Å². The molecule has 1 aliphatic rings. The summed E-state index contributed by atoms with van der Waals surface area (Å²) in [6.45, 7) is 0. The highest BCUT2D eigenvalue weighted by Crippen LogP contribution is 2.12. The number of nitrogens with two attached hydrogens (primary N) is 1. The second-order valence-corrected chi connectivity index (χ2v) is 3.68. The van der Waals surface area contributed by atoms with Gasteiger partial charge in [0.05, 0.1) is 6.08 Å². The predicted molar refractivity (Wildman–Crippen MR) is 42.7 cm³/mol. The van der Waals surface area contributed by atoms with E-state index in [2.05, 4.69) is 6.08 Å². The van der Waals surface area contributed by atoms with E-state index in [0.717, 1.165) is 0 Å². The second-order valence-electron chi connectivity index (χ2n) is 2.11. The van der Waals surface area contributed by atoms with E-state index in [0.29, 0.717) is 0 Å². The van der Waals surface area contributed by atoms with E-state index in [9.17, 15) is 8.42 Å². The van der Waals surface area contributed by atoms with Gasteiger partial charge in [0, 0.05) is 6.08 Å². The van der Waals surface area contributed by atoms with Gasteiger partial charge in [0.25, 0.3) is 10.0 Å². The van der Waals surface area contributed by atoms with E-state index < -0.39 is 10.0 Å². The van der Waals surface area contributed by atoms with Gasteiger partial charge >= 0.3 is 0 Å². The number of rotatable bonds is 1. The van der Waals surface area contributed by atoms with Gasteiger partial charge in [-0.15, -0.1) is 0 Å². The normalized spacial score (nSPS) is 15.7. The van der Waals surface area contributed by atoms with Crippen molar-refractivity contribution in [1.82, 2.24) is 0 Å². The summed E-state index contributed by atoms with van der Waals surface area (Å²) < 4.78 is 21.5. The Morgan fingerprint density at radius 1 is 1.58 bits per heavy atom. The Hall–Kier alpha value is -1.47. The summed E-state index contributed by atoms with van der Waals surface area (Å²) in [6, 6.07) is 1.79. The van der Waals surface area contributed by atoms with E-state index in [1.165, 1.54) is 18.2 Å². The molecule has 60 valence electrons. The molecule has 0 aliphatic heterocycles. The highest BCUT2D eigenvalue weighted by Gasteiger charge is 2.19. The maximum absolute atomic E-state index is 10.7. The van der Waals surface area contributed by atoms with E-state index in [1.807, 2.05) is 0 Å². The lowest BCUT2D eigenvalue weighted by atomic mass is 10.2. The molecule has 0 fully saturated rings. The number of sulfonamides is 1. The summed E-state index contributed by atoms with van der Waals surface area (Å²) in [7, 11) is -3.72. The molecule has 0 amide bonds. The van der Waals surface area contributed by atoms with Gasteiger partial charge in [0.15, 0.2) is 16.5 Å². The number of primary sulfonamides is 1. The Bertz CT molecular complexity index is 421. The van der Waals surface area contributed by atoms with Crippen molar-refractivity contribution in [2.24, 2.45) is 5.14 Å². The minimum atomic E-state index is -3.72. The Labute approximate surface area is 70.3 Å². The molecule has 1 rings (SSSR count). The standard InChI is InChI=1S/C7H5N2O2S/c8-5-6-2-1-3-7(4-6)12(9,10)11/h2-4H,(H2,9,10,11)/q+1. The quantitative estimate of drug-likeness (QED) is 0.577. The maximum atomic E-state index is 10.7. The molecule has 0 saturated carbocycles. The molecule has 12 heavy (non-hydrogen) atoms. The van der Waals surface area contributed by atoms with Crippen molar-refractivity contribution in [3.8, 4) is 6.07 Å². The SMILES string of the molecule is N#CC1=CC(S(N)(=O)=O)=C[C+]=C1. The molecule has 0 unspecified atom stereocenters. The van der Waals surface area contributed by atoms with Crippen LogP contribution in [-0.4, -0.2) is 8.42 Å². The molecule has 0 aromatic rings. The lowest BCUT2D eigenvalue weighted by molar-refractivity contribution is 0.604. The van der Waals surface area contributed by atoms with Gasteiger partial charge in [-0.05, 0) is 0 Å². The monoisotopic (exact) mass is 181 g/mol. The van der Waals surface area contributed by atoms with Crippen LogP contribution < -0.4 is 5.14 Å². The van der Waals surface area contributed by atoms with Gasteiger partial charge in [-0.1, -0.05) is 0 Å². The number of nitriles is 1. The molecule has 0 aromatic heterocycles. The zero-order valence-corrected chi connectivity index (χ0v) is 6.80. The van der Waals surface area contributed by atoms with Gasteiger partial charge in [-0.25, -0.2) is 5.14 Å².